The lowest BCUT2D eigenvalue weighted by atomic mass is 10.0. The molecule has 1 aromatic heterocycles. The van der Waals surface area contributed by atoms with Crippen LogP contribution in [0.4, 0.5) is 0 Å². The van der Waals surface area contributed by atoms with Crippen molar-refractivity contribution in [1.29, 1.82) is 0 Å². The monoisotopic (exact) mass is 263 g/mol. The van der Waals surface area contributed by atoms with E-state index in [4.69, 9.17) is 11.6 Å². The van der Waals surface area contributed by atoms with Crippen LogP contribution in [0.25, 0.3) is 0 Å². The molecule has 0 fully saturated rings. The first-order chi connectivity index (χ1) is 8.47. The molecule has 0 atom stereocenters. The summed E-state index contributed by atoms with van der Waals surface area (Å²) in [6.45, 7) is 5.94. The minimum atomic E-state index is 0.00256. The van der Waals surface area contributed by atoms with E-state index in [-0.39, 0.29) is 17.6 Å². The third-order valence-electron chi connectivity index (χ3n) is 2.95. The highest BCUT2D eigenvalue weighted by Crippen LogP contribution is 2.12. The zero-order chi connectivity index (χ0) is 13.3. The number of hydrogen-bond donors (Lipinski definition) is 0. The standard InChI is InChI=1S/C13H14ClN3O/c1-8-4-5-11(6-9(8)2)12(18)7-17-10(3)15-13(14)16-17/h4-6H,7H2,1-3H3. The first kappa shape index (κ1) is 12.8. The van der Waals surface area contributed by atoms with Crippen LogP contribution < -0.4 is 0 Å². The second-order valence-corrected chi connectivity index (χ2v) is 4.65. The molecule has 1 heterocycles. The van der Waals surface area contributed by atoms with Crippen LogP contribution in [0, 0.1) is 20.8 Å². The second-order valence-electron chi connectivity index (χ2n) is 4.31. The van der Waals surface area contributed by atoms with Gasteiger partial charge in [-0.2, -0.15) is 0 Å². The van der Waals surface area contributed by atoms with Crippen molar-refractivity contribution < 1.29 is 4.79 Å². The van der Waals surface area contributed by atoms with Gasteiger partial charge in [0.1, 0.15) is 12.4 Å². The number of carbonyl (C=O) groups is 1. The summed E-state index contributed by atoms with van der Waals surface area (Å²) in [7, 11) is 0. The number of ketones is 1. The Labute approximate surface area is 111 Å². The highest BCUT2D eigenvalue weighted by molar-refractivity contribution is 6.28. The molecule has 0 aliphatic rings. The summed E-state index contributed by atoms with van der Waals surface area (Å²) >= 11 is 5.69. The molecule has 2 aromatic rings. The van der Waals surface area contributed by atoms with E-state index in [0.717, 1.165) is 5.56 Å². The molecule has 0 aliphatic carbocycles. The second kappa shape index (κ2) is 4.90. The third-order valence-corrected chi connectivity index (χ3v) is 3.11. The maximum Gasteiger partial charge on any atom is 0.242 e. The normalized spacial score (nSPS) is 10.7. The van der Waals surface area contributed by atoms with Crippen LogP contribution in [-0.2, 0) is 6.54 Å². The summed E-state index contributed by atoms with van der Waals surface area (Å²) in [6, 6.07) is 5.67. The van der Waals surface area contributed by atoms with Crippen molar-refractivity contribution in [3.8, 4) is 0 Å². The first-order valence-corrected chi connectivity index (χ1v) is 6.02. The van der Waals surface area contributed by atoms with E-state index in [9.17, 15) is 4.79 Å². The number of benzene rings is 1. The Morgan fingerprint density at radius 1 is 1.28 bits per heavy atom. The predicted octanol–water partition coefficient (Wildman–Crippen LogP) is 2.74. The van der Waals surface area contributed by atoms with E-state index >= 15 is 0 Å². The lowest BCUT2D eigenvalue weighted by Gasteiger charge is -2.05. The highest BCUT2D eigenvalue weighted by Gasteiger charge is 2.11. The zero-order valence-electron chi connectivity index (χ0n) is 10.6. The molecular weight excluding hydrogens is 250 g/mol. The van der Waals surface area contributed by atoms with Gasteiger partial charge in [-0.1, -0.05) is 12.1 Å². The third kappa shape index (κ3) is 2.59. The molecule has 0 saturated carbocycles. The van der Waals surface area contributed by atoms with Crippen LogP contribution in [0.2, 0.25) is 5.28 Å². The van der Waals surface area contributed by atoms with Crippen molar-refractivity contribution in [2.75, 3.05) is 0 Å². The van der Waals surface area contributed by atoms with E-state index in [1.807, 2.05) is 32.0 Å². The van der Waals surface area contributed by atoms with Gasteiger partial charge in [-0.3, -0.25) is 4.79 Å². The average Bonchev–Trinajstić information content (AvgIpc) is 2.61. The number of halogens is 1. The van der Waals surface area contributed by atoms with Crippen molar-refractivity contribution in [2.24, 2.45) is 0 Å². The van der Waals surface area contributed by atoms with Crippen molar-refractivity contribution in [3.63, 3.8) is 0 Å². The summed E-state index contributed by atoms with van der Waals surface area (Å²) in [5.41, 5.74) is 2.96. The van der Waals surface area contributed by atoms with Gasteiger partial charge in [-0.05, 0) is 49.6 Å². The van der Waals surface area contributed by atoms with Gasteiger partial charge >= 0.3 is 0 Å². The molecule has 0 radical (unpaired) electrons. The molecule has 0 saturated heterocycles. The highest BCUT2D eigenvalue weighted by atomic mass is 35.5. The lowest BCUT2D eigenvalue weighted by Crippen LogP contribution is -2.13. The number of rotatable bonds is 3. The number of nitrogens with zero attached hydrogens (tertiary/aromatic N) is 3. The molecule has 2 rings (SSSR count). The quantitative estimate of drug-likeness (QED) is 0.800. The predicted molar refractivity (Wildman–Crippen MR) is 70.0 cm³/mol. The average molecular weight is 264 g/mol. The Balaban J connectivity index is 2.22. The Kier molecular flexibility index (Phi) is 3.48. The maximum absolute atomic E-state index is 12.1. The number of hydrogen-bond acceptors (Lipinski definition) is 3. The Bertz CT molecular complexity index is 604. The largest absolute Gasteiger partial charge is 0.292 e. The van der Waals surface area contributed by atoms with Crippen molar-refractivity contribution in [2.45, 2.75) is 27.3 Å². The van der Waals surface area contributed by atoms with E-state index in [1.54, 1.807) is 6.92 Å². The van der Waals surface area contributed by atoms with Gasteiger partial charge in [0.15, 0.2) is 5.78 Å². The van der Waals surface area contributed by atoms with E-state index < -0.39 is 0 Å². The van der Waals surface area contributed by atoms with Crippen molar-refractivity contribution >= 4 is 17.4 Å². The van der Waals surface area contributed by atoms with Gasteiger partial charge in [0.05, 0.1) is 0 Å². The summed E-state index contributed by atoms with van der Waals surface area (Å²) < 4.78 is 1.51. The molecule has 94 valence electrons. The zero-order valence-corrected chi connectivity index (χ0v) is 11.3. The fraction of sp³-hybridized carbons (Fsp3) is 0.308. The summed E-state index contributed by atoms with van der Waals surface area (Å²) in [5, 5.41) is 4.13. The first-order valence-electron chi connectivity index (χ1n) is 5.65. The van der Waals surface area contributed by atoms with Gasteiger partial charge in [-0.25, -0.2) is 9.67 Å². The fourth-order valence-electron chi connectivity index (χ4n) is 1.68. The molecule has 18 heavy (non-hydrogen) atoms. The van der Waals surface area contributed by atoms with Gasteiger partial charge < -0.3 is 0 Å². The molecular formula is C13H14ClN3O. The van der Waals surface area contributed by atoms with Gasteiger partial charge in [-0.15, -0.1) is 5.10 Å². The Hall–Kier alpha value is -1.68. The van der Waals surface area contributed by atoms with Crippen LogP contribution in [0.1, 0.15) is 27.3 Å². The number of aromatic nitrogens is 3. The smallest absolute Gasteiger partial charge is 0.242 e. The molecule has 0 unspecified atom stereocenters. The molecule has 4 nitrogen and oxygen atoms in total. The number of Topliss-reactive ketones (excluding diaryl/α,β-unsaturated/α-hetero) is 1. The number of aryl methyl sites for hydroxylation is 3. The van der Waals surface area contributed by atoms with E-state index in [1.165, 1.54) is 10.2 Å². The fourth-order valence-corrected chi connectivity index (χ4v) is 1.89. The van der Waals surface area contributed by atoms with Crippen LogP contribution in [0.5, 0.6) is 0 Å². The van der Waals surface area contributed by atoms with Crippen LogP contribution in [0.15, 0.2) is 18.2 Å². The van der Waals surface area contributed by atoms with Gasteiger partial charge in [0.2, 0.25) is 5.28 Å². The molecule has 0 aliphatic heterocycles. The van der Waals surface area contributed by atoms with Gasteiger partial charge in [0.25, 0.3) is 0 Å². The van der Waals surface area contributed by atoms with Crippen molar-refractivity contribution in [1.82, 2.24) is 14.8 Å². The van der Waals surface area contributed by atoms with Crippen molar-refractivity contribution in [3.05, 3.63) is 46.0 Å². The van der Waals surface area contributed by atoms with E-state index in [2.05, 4.69) is 10.1 Å². The molecule has 0 N–H and O–H groups in total. The van der Waals surface area contributed by atoms with Gasteiger partial charge in [0, 0.05) is 5.56 Å². The molecule has 0 amide bonds. The Morgan fingerprint density at radius 2 is 2.00 bits per heavy atom. The lowest BCUT2D eigenvalue weighted by molar-refractivity contribution is 0.0966. The van der Waals surface area contributed by atoms with Crippen LogP contribution in [0.3, 0.4) is 0 Å². The Morgan fingerprint density at radius 3 is 2.56 bits per heavy atom. The van der Waals surface area contributed by atoms with E-state index in [0.29, 0.717) is 11.4 Å². The molecule has 0 bridgehead atoms. The SMILES string of the molecule is Cc1ccc(C(=O)Cn2nc(Cl)nc2C)cc1C. The minimum Gasteiger partial charge on any atom is -0.292 e. The molecule has 1 aromatic carbocycles. The topological polar surface area (TPSA) is 47.8 Å². The summed E-state index contributed by atoms with van der Waals surface area (Å²) in [5.74, 6) is 0.639. The number of carbonyl (C=O) groups excluding carboxylic acids is 1. The summed E-state index contributed by atoms with van der Waals surface area (Å²) in [6.07, 6.45) is 0. The maximum atomic E-state index is 12.1. The summed E-state index contributed by atoms with van der Waals surface area (Å²) in [4.78, 5) is 16.1. The molecule has 0 spiro atoms. The molecule has 5 heteroatoms. The minimum absolute atomic E-state index is 0.00256. The van der Waals surface area contributed by atoms with Crippen LogP contribution >= 0.6 is 11.6 Å². The van der Waals surface area contributed by atoms with Crippen LogP contribution in [-0.4, -0.2) is 20.5 Å².